The van der Waals surface area contributed by atoms with E-state index in [4.69, 9.17) is 10.2 Å². The van der Waals surface area contributed by atoms with E-state index in [1.165, 1.54) is 0 Å². The van der Waals surface area contributed by atoms with E-state index in [-0.39, 0.29) is 11.7 Å². The Labute approximate surface area is 191 Å². The lowest BCUT2D eigenvalue weighted by atomic mass is 9.72. The van der Waals surface area contributed by atoms with E-state index in [0.29, 0.717) is 35.6 Å². The Balaban J connectivity index is 1.63. The van der Waals surface area contributed by atoms with Crippen molar-refractivity contribution < 1.29 is 9.21 Å². The standard InChI is InChI=1S/C27H20N4O2/c28-15-19-24(16-7-2-1-3-8-16)25-21(13-17(14-22(25)32)23-11-6-12-33-23)31-20-10-5-4-9-18(20)26(29)30-27(19)31/h1-12,17,24H,13-14H2,(H2,29,30). The second-order valence-corrected chi connectivity index (χ2v) is 8.45. The molecule has 1 aliphatic carbocycles. The van der Waals surface area contributed by atoms with Gasteiger partial charge in [-0.05, 0) is 36.2 Å². The number of ketones is 1. The van der Waals surface area contributed by atoms with E-state index >= 15 is 0 Å². The lowest BCUT2D eigenvalue weighted by Crippen LogP contribution is -2.40. The first kappa shape index (κ1) is 19.3. The molecular formula is C27H20N4O2. The van der Waals surface area contributed by atoms with E-state index in [0.717, 1.165) is 28.3 Å². The highest BCUT2D eigenvalue weighted by Crippen LogP contribution is 2.51. The van der Waals surface area contributed by atoms with Crippen molar-refractivity contribution in [3.05, 3.63) is 113 Å². The molecule has 2 atom stereocenters. The first-order valence-electron chi connectivity index (χ1n) is 10.9. The molecule has 6 heteroatoms. The number of nitrogens with two attached hydrogens (primary N) is 1. The van der Waals surface area contributed by atoms with Crippen LogP contribution in [0.4, 0.5) is 5.69 Å². The molecule has 3 aliphatic rings. The summed E-state index contributed by atoms with van der Waals surface area (Å²) in [6, 6.07) is 23.5. The number of rotatable bonds is 2. The number of anilines is 1. The van der Waals surface area contributed by atoms with Gasteiger partial charge in [0.25, 0.3) is 0 Å². The number of benzene rings is 2. The summed E-state index contributed by atoms with van der Waals surface area (Å²) in [5.74, 6) is 1.11. The molecule has 6 nitrogen and oxygen atoms in total. The summed E-state index contributed by atoms with van der Waals surface area (Å²) in [5.41, 5.74) is 10.8. The predicted octanol–water partition coefficient (Wildman–Crippen LogP) is 4.74. The minimum Gasteiger partial charge on any atom is -0.469 e. The lowest BCUT2D eigenvalue weighted by Gasteiger charge is -2.43. The summed E-state index contributed by atoms with van der Waals surface area (Å²) in [4.78, 5) is 20.4. The summed E-state index contributed by atoms with van der Waals surface area (Å²) in [7, 11) is 0. The molecule has 0 spiro atoms. The highest BCUT2D eigenvalue weighted by atomic mass is 16.3. The molecule has 0 radical (unpaired) electrons. The van der Waals surface area contributed by atoms with Crippen LogP contribution in [0.2, 0.25) is 0 Å². The number of aliphatic imine (C=N–C) groups is 1. The van der Waals surface area contributed by atoms with Crippen LogP contribution in [0.25, 0.3) is 0 Å². The van der Waals surface area contributed by atoms with Gasteiger partial charge in [-0.15, -0.1) is 0 Å². The zero-order chi connectivity index (χ0) is 22.5. The Kier molecular flexibility index (Phi) is 4.30. The van der Waals surface area contributed by atoms with Crippen molar-refractivity contribution in [1.82, 2.24) is 0 Å². The number of nitrogens with zero attached hydrogens (tertiary/aromatic N) is 3. The average molecular weight is 432 g/mol. The van der Waals surface area contributed by atoms with E-state index in [2.05, 4.69) is 11.1 Å². The van der Waals surface area contributed by atoms with Gasteiger partial charge >= 0.3 is 0 Å². The SMILES string of the molecule is N#CC1=C2N=C(N)c3ccccc3N2C2=C(C(=O)CC(c3ccco3)C2)C1c1ccccc1. The van der Waals surface area contributed by atoms with E-state index in [1.54, 1.807) is 6.26 Å². The Hall–Kier alpha value is -4.37. The maximum Gasteiger partial charge on any atom is 0.162 e. The highest BCUT2D eigenvalue weighted by Gasteiger charge is 2.45. The molecule has 2 aliphatic heterocycles. The third-order valence-electron chi connectivity index (χ3n) is 6.63. The van der Waals surface area contributed by atoms with Gasteiger partial charge in [0.05, 0.1) is 29.5 Å². The largest absolute Gasteiger partial charge is 0.469 e. The molecule has 3 heterocycles. The van der Waals surface area contributed by atoms with Crippen molar-refractivity contribution in [2.24, 2.45) is 10.7 Å². The van der Waals surface area contributed by atoms with Crippen molar-refractivity contribution in [3.8, 4) is 6.07 Å². The molecule has 6 rings (SSSR count). The zero-order valence-electron chi connectivity index (χ0n) is 17.7. The molecule has 0 saturated heterocycles. The molecule has 0 fully saturated rings. The second-order valence-electron chi connectivity index (χ2n) is 8.45. The summed E-state index contributed by atoms with van der Waals surface area (Å²) in [6.45, 7) is 0. The normalized spacial score (nSPS) is 21.7. The fourth-order valence-electron chi connectivity index (χ4n) is 5.22. The van der Waals surface area contributed by atoms with Gasteiger partial charge in [-0.3, -0.25) is 9.69 Å². The third kappa shape index (κ3) is 2.86. The smallest absolute Gasteiger partial charge is 0.162 e. The molecule has 3 aromatic rings. The molecule has 1 aromatic heterocycles. The van der Waals surface area contributed by atoms with Crippen LogP contribution in [0.5, 0.6) is 0 Å². The van der Waals surface area contributed by atoms with Gasteiger partial charge < -0.3 is 10.2 Å². The van der Waals surface area contributed by atoms with Crippen molar-refractivity contribution >= 4 is 17.3 Å². The van der Waals surface area contributed by atoms with Crippen molar-refractivity contribution in [1.29, 1.82) is 5.26 Å². The molecular weight excluding hydrogens is 412 g/mol. The number of fused-ring (bicyclic) bond motifs is 4. The van der Waals surface area contributed by atoms with Crippen molar-refractivity contribution in [3.63, 3.8) is 0 Å². The molecule has 2 aromatic carbocycles. The minimum absolute atomic E-state index is 0.0262. The van der Waals surface area contributed by atoms with Gasteiger partial charge in [0.1, 0.15) is 11.6 Å². The van der Waals surface area contributed by atoms with Gasteiger partial charge in [0, 0.05) is 29.2 Å². The van der Waals surface area contributed by atoms with Crippen LogP contribution in [-0.2, 0) is 4.79 Å². The molecule has 2 N–H and O–H groups in total. The van der Waals surface area contributed by atoms with Crippen molar-refractivity contribution in [2.75, 3.05) is 4.90 Å². The molecule has 0 amide bonds. The number of allylic oxidation sites excluding steroid dienone is 3. The average Bonchev–Trinajstić information content (AvgIpc) is 3.39. The van der Waals surface area contributed by atoms with Crippen LogP contribution in [-0.4, -0.2) is 11.6 Å². The van der Waals surface area contributed by atoms with Crippen LogP contribution in [0.3, 0.4) is 0 Å². The fraction of sp³-hybridized carbons (Fsp3) is 0.148. The summed E-state index contributed by atoms with van der Waals surface area (Å²) >= 11 is 0. The second kappa shape index (κ2) is 7.35. The topological polar surface area (TPSA) is 95.6 Å². The quantitative estimate of drug-likeness (QED) is 0.631. The van der Waals surface area contributed by atoms with Crippen LogP contribution >= 0.6 is 0 Å². The summed E-state index contributed by atoms with van der Waals surface area (Å²) in [5, 5.41) is 10.3. The number of furan rings is 1. The Morgan fingerprint density at radius 2 is 1.82 bits per heavy atom. The van der Waals surface area contributed by atoms with Crippen molar-refractivity contribution in [2.45, 2.75) is 24.7 Å². The Morgan fingerprint density at radius 1 is 1.03 bits per heavy atom. The monoisotopic (exact) mass is 432 g/mol. The van der Waals surface area contributed by atoms with Gasteiger partial charge in [0.2, 0.25) is 0 Å². The minimum atomic E-state index is -0.482. The number of carbonyl (C=O) groups is 1. The first-order chi connectivity index (χ1) is 16.2. The number of para-hydroxylation sites is 1. The molecule has 160 valence electrons. The molecule has 2 unspecified atom stereocenters. The number of hydrogen-bond acceptors (Lipinski definition) is 6. The predicted molar refractivity (Wildman–Crippen MR) is 124 cm³/mol. The number of hydrogen-bond donors (Lipinski definition) is 1. The van der Waals surface area contributed by atoms with Gasteiger partial charge in [-0.25, -0.2) is 4.99 Å². The summed E-state index contributed by atoms with van der Waals surface area (Å²) in [6.07, 6.45) is 2.58. The third-order valence-corrected chi connectivity index (χ3v) is 6.63. The van der Waals surface area contributed by atoms with Crippen LogP contribution in [0, 0.1) is 11.3 Å². The van der Waals surface area contributed by atoms with Crippen LogP contribution in [0.15, 0.2) is 105 Å². The molecule has 0 saturated carbocycles. The van der Waals surface area contributed by atoms with E-state index in [1.807, 2.05) is 71.6 Å². The maximum absolute atomic E-state index is 13.7. The van der Waals surface area contributed by atoms with E-state index < -0.39 is 5.92 Å². The summed E-state index contributed by atoms with van der Waals surface area (Å²) < 4.78 is 5.67. The first-order valence-corrected chi connectivity index (χ1v) is 10.9. The lowest BCUT2D eigenvalue weighted by molar-refractivity contribution is -0.116. The Morgan fingerprint density at radius 3 is 2.58 bits per heavy atom. The Bertz CT molecular complexity index is 1410. The molecule has 0 bridgehead atoms. The van der Waals surface area contributed by atoms with Crippen LogP contribution in [0.1, 0.15) is 41.6 Å². The number of carbonyl (C=O) groups excluding carboxylic acids is 1. The highest BCUT2D eigenvalue weighted by molar-refractivity contribution is 6.08. The number of nitriles is 1. The number of Topliss-reactive ketones (excluding diaryl/α,β-unsaturated/α-hetero) is 1. The van der Waals surface area contributed by atoms with Gasteiger partial charge in [-0.2, -0.15) is 5.26 Å². The van der Waals surface area contributed by atoms with Gasteiger partial charge in [0.15, 0.2) is 11.6 Å². The zero-order valence-corrected chi connectivity index (χ0v) is 17.7. The van der Waals surface area contributed by atoms with E-state index in [9.17, 15) is 10.1 Å². The van der Waals surface area contributed by atoms with Crippen LogP contribution < -0.4 is 10.6 Å². The number of amidine groups is 1. The van der Waals surface area contributed by atoms with Gasteiger partial charge in [-0.1, -0.05) is 42.5 Å². The maximum atomic E-state index is 13.7. The molecule has 33 heavy (non-hydrogen) atoms. The fourth-order valence-corrected chi connectivity index (χ4v) is 5.22.